The Kier molecular flexibility index (Phi) is 3.40. The van der Waals surface area contributed by atoms with Crippen LogP contribution in [0.1, 0.15) is 11.6 Å². The van der Waals surface area contributed by atoms with Crippen molar-refractivity contribution in [3.05, 3.63) is 32.7 Å². The van der Waals surface area contributed by atoms with Gasteiger partial charge in [-0.25, -0.2) is 13.6 Å². The van der Waals surface area contributed by atoms with E-state index in [1.54, 1.807) is 12.1 Å². The van der Waals surface area contributed by atoms with Crippen LogP contribution in [0.3, 0.4) is 0 Å². The van der Waals surface area contributed by atoms with E-state index < -0.39 is 24.7 Å². The van der Waals surface area contributed by atoms with Gasteiger partial charge < -0.3 is 10.1 Å². The first-order chi connectivity index (χ1) is 7.90. The lowest BCUT2D eigenvalue weighted by Gasteiger charge is -2.32. The standard InChI is InChI=1S/C10H7Br2F2NO2/c11-5-1-2-7(12)6(3-5)8-10(13,14)4-17-9(16)15-8/h1-3,8H,4H2,(H,15,16)/t8-/m1/s1. The summed E-state index contributed by atoms with van der Waals surface area (Å²) in [5.74, 6) is -3.14. The average Bonchev–Trinajstić information content (AvgIpc) is 2.26. The molecule has 17 heavy (non-hydrogen) atoms. The highest BCUT2D eigenvalue weighted by atomic mass is 79.9. The molecule has 0 aromatic heterocycles. The van der Waals surface area contributed by atoms with Gasteiger partial charge in [0.25, 0.3) is 0 Å². The molecule has 92 valence electrons. The Hall–Kier alpha value is -0.690. The largest absolute Gasteiger partial charge is 0.443 e. The number of carbonyl (C=O) groups is 1. The lowest BCUT2D eigenvalue weighted by Crippen LogP contribution is -2.49. The Bertz CT molecular complexity index is 468. The molecule has 1 aliphatic rings. The third-order valence-electron chi connectivity index (χ3n) is 2.35. The van der Waals surface area contributed by atoms with Crippen molar-refractivity contribution in [2.45, 2.75) is 12.0 Å². The highest BCUT2D eigenvalue weighted by Crippen LogP contribution is 2.38. The molecule has 0 spiro atoms. The van der Waals surface area contributed by atoms with E-state index >= 15 is 0 Å². The smallest absolute Gasteiger partial charge is 0.408 e. The fourth-order valence-corrected chi connectivity index (χ4v) is 2.41. The van der Waals surface area contributed by atoms with Crippen molar-refractivity contribution >= 4 is 38.0 Å². The Morgan fingerprint density at radius 1 is 1.41 bits per heavy atom. The van der Waals surface area contributed by atoms with Gasteiger partial charge in [-0.05, 0) is 23.8 Å². The number of alkyl carbamates (subject to hydrolysis) is 1. The zero-order valence-corrected chi connectivity index (χ0v) is 11.5. The SMILES string of the molecule is O=C1N[C@H](c2cc(Br)ccc2Br)C(F)(F)CO1. The number of cyclic esters (lactones) is 1. The van der Waals surface area contributed by atoms with Gasteiger partial charge in [-0.1, -0.05) is 31.9 Å². The number of halogens is 4. The Labute approximate surface area is 113 Å². The van der Waals surface area contributed by atoms with E-state index in [9.17, 15) is 13.6 Å². The van der Waals surface area contributed by atoms with Gasteiger partial charge in [-0.2, -0.15) is 0 Å². The van der Waals surface area contributed by atoms with Gasteiger partial charge >= 0.3 is 12.0 Å². The zero-order chi connectivity index (χ0) is 12.6. The molecule has 2 rings (SSSR count). The molecule has 1 heterocycles. The molecule has 0 unspecified atom stereocenters. The number of hydrogen-bond acceptors (Lipinski definition) is 2. The molecule has 1 saturated heterocycles. The van der Waals surface area contributed by atoms with Crippen molar-refractivity contribution in [3.63, 3.8) is 0 Å². The van der Waals surface area contributed by atoms with E-state index in [4.69, 9.17) is 0 Å². The minimum atomic E-state index is -3.14. The molecule has 0 aliphatic carbocycles. The van der Waals surface area contributed by atoms with E-state index in [-0.39, 0.29) is 0 Å². The number of amides is 1. The molecule has 3 nitrogen and oxygen atoms in total. The van der Waals surface area contributed by atoms with Crippen LogP contribution in [0.2, 0.25) is 0 Å². The summed E-state index contributed by atoms with van der Waals surface area (Å²) >= 11 is 6.40. The quantitative estimate of drug-likeness (QED) is 0.819. The highest BCUT2D eigenvalue weighted by molar-refractivity contribution is 9.11. The summed E-state index contributed by atoms with van der Waals surface area (Å²) in [6, 6.07) is 3.49. The Morgan fingerprint density at radius 2 is 2.12 bits per heavy atom. The lowest BCUT2D eigenvalue weighted by atomic mass is 10.0. The molecule has 1 aliphatic heterocycles. The maximum absolute atomic E-state index is 13.7. The number of carbonyl (C=O) groups excluding carboxylic acids is 1. The summed E-state index contributed by atoms with van der Waals surface area (Å²) in [6.45, 7) is -0.914. The molecule has 0 bridgehead atoms. The molecule has 1 fully saturated rings. The Morgan fingerprint density at radius 3 is 2.82 bits per heavy atom. The molecule has 1 aromatic carbocycles. The number of nitrogens with one attached hydrogen (secondary N) is 1. The van der Waals surface area contributed by atoms with Gasteiger partial charge in [0.05, 0.1) is 0 Å². The molecule has 1 atom stereocenters. The van der Waals surface area contributed by atoms with E-state index in [1.807, 2.05) is 0 Å². The number of hydrogen-bond donors (Lipinski definition) is 1. The fraction of sp³-hybridized carbons (Fsp3) is 0.300. The maximum atomic E-state index is 13.7. The van der Waals surface area contributed by atoms with Crippen LogP contribution in [0.15, 0.2) is 27.1 Å². The topological polar surface area (TPSA) is 38.3 Å². The van der Waals surface area contributed by atoms with Crippen molar-refractivity contribution < 1.29 is 18.3 Å². The van der Waals surface area contributed by atoms with Crippen molar-refractivity contribution in [1.29, 1.82) is 0 Å². The van der Waals surface area contributed by atoms with Gasteiger partial charge in [-0.3, -0.25) is 0 Å². The molecule has 0 saturated carbocycles. The fourth-order valence-electron chi connectivity index (χ4n) is 1.55. The van der Waals surface area contributed by atoms with E-state index in [0.717, 1.165) is 0 Å². The summed E-state index contributed by atoms with van der Waals surface area (Å²) < 4.78 is 32.8. The average molecular weight is 371 g/mol. The van der Waals surface area contributed by atoms with Crippen LogP contribution in [0.5, 0.6) is 0 Å². The summed E-state index contributed by atoms with van der Waals surface area (Å²) in [6.07, 6.45) is -0.840. The van der Waals surface area contributed by atoms with Crippen molar-refractivity contribution in [3.8, 4) is 0 Å². The number of alkyl halides is 2. The molecule has 1 aromatic rings. The number of rotatable bonds is 1. The van der Waals surface area contributed by atoms with E-state index in [1.165, 1.54) is 6.07 Å². The monoisotopic (exact) mass is 369 g/mol. The number of benzene rings is 1. The highest BCUT2D eigenvalue weighted by Gasteiger charge is 2.47. The lowest BCUT2D eigenvalue weighted by molar-refractivity contribution is -0.104. The maximum Gasteiger partial charge on any atom is 0.408 e. The molecular formula is C10H7Br2F2NO2. The van der Waals surface area contributed by atoms with Crippen LogP contribution in [0.4, 0.5) is 13.6 Å². The second-order valence-electron chi connectivity index (χ2n) is 3.58. The van der Waals surface area contributed by atoms with Gasteiger partial charge in [0.1, 0.15) is 6.04 Å². The van der Waals surface area contributed by atoms with E-state index in [0.29, 0.717) is 14.5 Å². The van der Waals surface area contributed by atoms with Crippen LogP contribution in [-0.2, 0) is 4.74 Å². The van der Waals surface area contributed by atoms with Crippen LogP contribution in [0.25, 0.3) is 0 Å². The number of ether oxygens (including phenoxy) is 1. The predicted octanol–water partition coefficient (Wildman–Crippen LogP) is 3.63. The van der Waals surface area contributed by atoms with Gasteiger partial charge in [0.15, 0.2) is 6.61 Å². The second kappa shape index (κ2) is 4.53. The third-order valence-corrected chi connectivity index (χ3v) is 3.56. The predicted molar refractivity (Wildman–Crippen MR) is 64.0 cm³/mol. The van der Waals surface area contributed by atoms with Crippen LogP contribution in [0, 0.1) is 0 Å². The first-order valence-electron chi connectivity index (χ1n) is 4.66. The normalized spacial score (nSPS) is 22.8. The van der Waals surface area contributed by atoms with Crippen molar-refractivity contribution in [1.82, 2.24) is 5.32 Å². The summed E-state index contributed by atoms with van der Waals surface area (Å²) in [4.78, 5) is 11.0. The van der Waals surface area contributed by atoms with Gasteiger partial charge in [0, 0.05) is 8.95 Å². The van der Waals surface area contributed by atoms with Gasteiger partial charge in [0.2, 0.25) is 0 Å². The molecular weight excluding hydrogens is 364 g/mol. The van der Waals surface area contributed by atoms with E-state index in [2.05, 4.69) is 41.9 Å². The van der Waals surface area contributed by atoms with Gasteiger partial charge in [-0.15, -0.1) is 0 Å². The molecule has 1 amide bonds. The molecule has 0 radical (unpaired) electrons. The summed E-state index contributed by atoms with van der Waals surface area (Å²) in [5, 5.41) is 2.13. The Balaban J connectivity index is 2.42. The van der Waals surface area contributed by atoms with Crippen molar-refractivity contribution in [2.75, 3.05) is 6.61 Å². The first-order valence-corrected chi connectivity index (χ1v) is 6.25. The van der Waals surface area contributed by atoms with Crippen LogP contribution >= 0.6 is 31.9 Å². The minimum Gasteiger partial charge on any atom is -0.443 e. The minimum absolute atomic E-state index is 0.307. The summed E-state index contributed by atoms with van der Waals surface area (Å²) in [5.41, 5.74) is 0.307. The van der Waals surface area contributed by atoms with Crippen molar-refractivity contribution in [2.24, 2.45) is 0 Å². The molecule has 1 N–H and O–H groups in total. The molecule has 7 heteroatoms. The zero-order valence-electron chi connectivity index (χ0n) is 8.34. The second-order valence-corrected chi connectivity index (χ2v) is 5.35. The first kappa shape index (κ1) is 12.8. The summed E-state index contributed by atoms with van der Waals surface area (Å²) in [7, 11) is 0. The third kappa shape index (κ3) is 2.60. The van der Waals surface area contributed by atoms with Crippen LogP contribution in [-0.4, -0.2) is 18.6 Å². The van der Waals surface area contributed by atoms with Crippen LogP contribution < -0.4 is 5.32 Å².